The predicted octanol–water partition coefficient (Wildman–Crippen LogP) is 3.28. The fraction of sp³-hybridized carbons (Fsp3) is 0.250. The van der Waals surface area contributed by atoms with Crippen LogP contribution < -0.4 is 5.73 Å². The van der Waals surface area contributed by atoms with E-state index in [-0.39, 0.29) is 11.9 Å². The Hall–Kier alpha value is -2.27. The SMILES string of the molecule is CC(C)n1c(-c2ccnc(CN)c2)nc2c(F)cccc21. The molecule has 21 heavy (non-hydrogen) atoms. The summed E-state index contributed by atoms with van der Waals surface area (Å²) < 4.78 is 16.0. The highest BCUT2D eigenvalue weighted by Crippen LogP contribution is 2.29. The van der Waals surface area contributed by atoms with Crippen molar-refractivity contribution in [2.75, 3.05) is 0 Å². The van der Waals surface area contributed by atoms with E-state index in [0.717, 1.165) is 22.6 Å². The lowest BCUT2D eigenvalue weighted by molar-refractivity contribution is 0.623. The Morgan fingerprint density at radius 1 is 1.29 bits per heavy atom. The highest BCUT2D eigenvalue weighted by Gasteiger charge is 2.17. The highest BCUT2D eigenvalue weighted by atomic mass is 19.1. The molecule has 0 spiro atoms. The molecule has 2 aromatic heterocycles. The maximum Gasteiger partial charge on any atom is 0.151 e. The van der Waals surface area contributed by atoms with Crippen molar-refractivity contribution in [3.8, 4) is 11.4 Å². The quantitative estimate of drug-likeness (QED) is 0.803. The second-order valence-electron chi connectivity index (χ2n) is 5.25. The number of rotatable bonds is 3. The van der Waals surface area contributed by atoms with Gasteiger partial charge < -0.3 is 10.3 Å². The third-order valence-corrected chi connectivity index (χ3v) is 3.47. The summed E-state index contributed by atoms with van der Waals surface area (Å²) in [7, 11) is 0. The molecule has 0 amide bonds. The van der Waals surface area contributed by atoms with Crippen molar-refractivity contribution in [1.82, 2.24) is 14.5 Å². The molecule has 0 fully saturated rings. The Labute approximate surface area is 122 Å². The highest BCUT2D eigenvalue weighted by molar-refractivity contribution is 5.81. The van der Waals surface area contributed by atoms with Crippen LogP contribution in [0.25, 0.3) is 22.4 Å². The Balaban J connectivity index is 2.30. The summed E-state index contributed by atoms with van der Waals surface area (Å²) in [5.41, 5.74) is 8.52. The van der Waals surface area contributed by atoms with Gasteiger partial charge in [-0.1, -0.05) is 6.07 Å². The van der Waals surface area contributed by atoms with E-state index in [1.54, 1.807) is 12.3 Å². The van der Waals surface area contributed by atoms with Crippen molar-refractivity contribution in [2.45, 2.75) is 26.4 Å². The number of hydrogen-bond acceptors (Lipinski definition) is 3. The van der Waals surface area contributed by atoms with Gasteiger partial charge in [0.15, 0.2) is 5.82 Å². The zero-order chi connectivity index (χ0) is 15.0. The van der Waals surface area contributed by atoms with Gasteiger partial charge in [-0.3, -0.25) is 4.98 Å². The lowest BCUT2D eigenvalue weighted by atomic mass is 10.2. The van der Waals surface area contributed by atoms with Crippen molar-refractivity contribution in [3.05, 3.63) is 48.0 Å². The van der Waals surface area contributed by atoms with E-state index >= 15 is 0 Å². The maximum absolute atomic E-state index is 14.0. The Morgan fingerprint density at radius 3 is 2.81 bits per heavy atom. The lowest BCUT2D eigenvalue weighted by Gasteiger charge is -2.13. The number of benzene rings is 1. The first-order valence-corrected chi connectivity index (χ1v) is 6.93. The molecule has 2 heterocycles. The summed E-state index contributed by atoms with van der Waals surface area (Å²) in [4.78, 5) is 8.69. The number of pyridine rings is 1. The number of hydrogen-bond donors (Lipinski definition) is 1. The zero-order valence-corrected chi connectivity index (χ0v) is 12.0. The zero-order valence-electron chi connectivity index (χ0n) is 12.0. The first kappa shape index (κ1) is 13.7. The molecule has 5 heteroatoms. The first-order valence-electron chi connectivity index (χ1n) is 6.93. The van der Waals surface area contributed by atoms with Crippen LogP contribution in [-0.2, 0) is 6.54 Å². The van der Waals surface area contributed by atoms with Gasteiger partial charge >= 0.3 is 0 Å². The average Bonchev–Trinajstić information content (AvgIpc) is 2.88. The molecule has 0 unspecified atom stereocenters. The van der Waals surface area contributed by atoms with Crippen LogP contribution >= 0.6 is 0 Å². The third kappa shape index (κ3) is 2.29. The minimum absolute atomic E-state index is 0.168. The Bertz CT molecular complexity index is 792. The average molecular weight is 284 g/mol. The number of aromatic nitrogens is 3. The van der Waals surface area contributed by atoms with Gasteiger partial charge in [-0.15, -0.1) is 0 Å². The van der Waals surface area contributed by atoms with Crippen LogP contribution in [-0.4, -0.2) is 14.5 Å². The van der Waals surface area contributed by atoms with Gasteiger partial charge in [0.2, 0.25) is 0 Å². The second-order valence-corrected chi connectivity index (χ2v) is 5.25. The van der Waals surface area contributed by atoms with Crippen molar-refractivity contribution in [1.29, 1.82) is 0 Å². The molecular formula is C16H17FN4. The smallest absolute Gasteiger partial charge is 0.151 e. The summed E-state index contributed by atoms with van der Waals surface area (Å²) in [5, 5.41) is 0. The number of fused-ring (bicyclic) bond motifs is 1. The second kappa shape index (κ2) is 5.26. The number of halogens is 1. The molecule has 108 valence electrons. The van der Waals surface area contributed by atoms with Gasteiger partial charge in [0.1, 0.15) is 11.3 Å². The van der Waals surface area contributed by atoms with E-state index < -0.39 is 0 Å². The van der Waals surface area contributed by atoms with Crippen molar-refractivity contribution in [3.63, 3.8) is 0 Å². The fourth-order valence-electron chi connectivity index (χ4n) is 2.54. The molecule has 0 atom stereocenters. The summed E-state index contributed by atoms with van der Waals surface area (Å²) in [6.07, 6.45) is 1.71. The molecule has 1 aromatic carbocycles. The van der Waals surface area contributed by atoms with Gasteiger partial charge in [0, 0.05) is 24.3 Å². The van der Waals surface area contributed by atoms with Crippen molar-refractivity contribution < 1.29 is 4.39 Å². The predicted molar refractivity (Wildman–Crippen MR) is 81.2 cm³/mol. The topological polar surface area (TPSA) is 56.7 Å². The fourth-order valence-corrected chi connectivity index (χ4v) is 2.54. The summed E-state index contributed by atoms with van der Waals surface area (Å²) in [6, 6.07) is 8.97. The van der Waals surface area contributed by atoms with Crippen LogP contribution in [0.1, 0.15) is 25.6 Å². The summed E-state index contributed by atoms with van der Waals surface area (Å²) in [6.45, 7) is 4.48. The van der Waals surface area contributed by atoms with Gasteiger partial charge in [0.25, 0.3) is 0 Å². The molecule has 0 saturated carbocycles. The minimum atomic E-state index is -0.304. The van der Waals surface area contributed by atoms with Gasteiger partial charge in [-0.05, 0) is 38.1 Å². The molecule has 2 N–H and O–H groups in total. The van der Waals surface area contributed by atoms with Crippen molar-refractivity contribution in [2.24, 2.45) is 5.73 Å². The minimum Gasteiger partial charge on any atom is -0.325 e. The molecule has 0 bridgehead atoms. The first-order chi connectivity index (χ1) is 10.1. The molecule has 0 aliphatic rings. The number of nitrogens with zero attached hydrogens (tertiary/aromatic N) is 3. The molecular weight excluding hydrogens is 267 g/mol. The number of nitrogens with two attached hydrogens (primary N) is 1. The van der Waals surface area contributed by atoms with Crippen LogP contribution in [0.3, 0.4) is 0 Å². The molecule has 3 rings (SSSR count). The molecule has 0 aliphatic heterocycles. The van der Waals surface area contributed by atoms with Crippen LogP contribution in [0.4, 0.5) is 4.39 Å². The van der Waals surface area contributed by atoms with Crippen LogP contribution in [0.2, 0.25) is 0 Å². The molecule has 0 aliphatic carbocycles. The molecule has 0 saturated heterocycles. The van der Waals surface area contributed by atoms with Crippen LogP contribution in [0.15, 0.2) is 36.5 Å². The van der Waals surface area contributed by atoms with Gasteiger partial charge in [0.05, 0.1) is 11.2 Å². The standard InChI is InChI=1S/C16H17FN4/c1-10(2)21-14-5-3-4-13(17)15(14)20-16(21)11-6-7-19-12(8-11)9-18/h3-8,10H,9,18H2,1-2H3. The van der Waals surface area contributed by atoms with E-state index in [1.807, 2.05) is 22.8 Å². The van der Waals surface area contributed by atoms with Crippen LogP contribution in [0, 0.1) is 5.82 Å². The van der Waals surface area contributed by atoms with Gasteiger partial charge in [-0.25, -0.2) is 9.37 Å². The molecule has 0 radical (unpaired) electrons. The van der Waals surface area contributed by atoms with Crippen molar-refractivity contribution >= 4 is 11.0 Å². The normalized spacial score (nSPS) is 11.5. The number of imidazole rings is 1. The Kier molecular flexibility index (Phi) is 3.43. The third-order valence-electron chi connectivity index (χ3n) is 3.47. The summed E-state index contributed by atoms with van der Waals surface area (Å²) >= 11 is 0. The monoisotopic (exact) mass is 284 g/mol. The Morgan fingerprint density at radius 2 is 2.10 bits per heavy atom. The lowest BCUT2D eigenvalue weighted by Crippen LogP contribution is -2.04. The van der Waals surface area contributed by atoms with E-state index in [2.05, 4.69) is 23.8 Å². The molecule has 4 nitrogen and oxygen atoms in total. The summed E-state index contributed by atoms with van der Waals surface area (Å²) in [5.74, 6) is 0.434. The maximum atomic E-state index is 14.0. The van der Waals surface area contributed by atoms with Gasteiger partial charge in [-0.2, -0.15) is 0 Å². The van der Waals surface area contributed by atoms with E-state index in [1.165, 1.54) is 6.07 Å². The van der Waals surface area contributed by atoms with E-state index in [9.17, 15) is 4.39 Å². The number of para-hydroxylation sites is 1. The van der Waals surface area contributed by atoms with Crippen LogP contribution in [0.5, 0.6) is 0 Å². The largest absolute Gasteiger partial charge is 0.325 e. The van der Waals surface area contributed by atoms with E-state index in [4.69, 9.17) is 5.73 Å². The van der Waals surface area contributed by atoms with E-state index in [0.29, 0.717) is 12.1 Å². The molecule has 3 aromatic rings.